The van der Waals surface area contributed by atoms with Crippen molar-refractivity contribution < 1.29 is 13.6 Å². The maximum absolute atomic E-state index is 13.2. The molecule has 0 bridgehead atoms. The van der Waals surface area contributed by atoms with Gasteiger partial charge in [0.25, 0.3) is 5.92 Å². The molecule has 1 N–H and O–H groups in total. The number of halogens is 2. The summed E-state index contributed by atoms with van der Waals surface area (Å²) >= 11 is 0. The quantitative estimate of drug-likeness (QED) is 0.785. The van der Waals surface area contributed by atoms with E-state index in [1.165, 1.54) is 12.4 Å². The van der Waals surface area contributed by atoms with E-state index in [9.17, 15) is 13.6 Å². The van der Waals surface area contributed by atoms with E-state index in [1.807, 2.05) is 0 Å². The molecule has 1 aliphatic carbocycles. The second-order valence-corrected chi connectivity index (χ2v) is 3.96. The first-order chi connectivity index (χ1) is 7.09. The second-order valence-electron chi connectivity index (χ2n) is 3.96. The number of aromatic nitrogens is 2. The predicted octanol–water partition coefficient (Wildman–Crippen LogP) is 2.42. The Hall–Kier alpha value is -1.26. The molecule has 1 aromatic rings. The van der Waals surface area contributed by atoms with Crippen molar-refractivity contribution in [3.63, 3.8) is 0 Å². The van der Waals surface area contributed by atoms with Gasteiger partial charge in [0.05, 0.1) is 11.8 Å². The fraction of sp³-hybridized carbons (Fsp3) is 0.600. The Labute approximate surface area is 85.9 Å². The number of hydrogen-bond donors (Lipinski definition) is 1. The number of Topliss-reactive ketones (excluding diaryl/α,β-unsaturated/α-hetero) is 1. The Morgan fingerprint density at radius 3 is 3.00 bits per heavy atom. The number of H-pyrrole nitrogens is 1. The van der Waals surface area contributed by atoms with Crippen LogP contribution in [0.4, 0.5) is 8.78 Å². The molecule has 1 unspecified atom stereocenters. The van der Waals surface area contributed by atoms with E-state index in [0.29, 0.717) is 18.4 Å². The summed E-state index contributed by atoms with van der Waals surface area (Å²) in [6, 6.07) is 0. The lowest BCUT2D eigenvalue weighted by Crippen LogP contribution is -2.24. The summed E-state index contributed by atoms with van der Waals surface area (Å²) in [5.41, 5.74) is 0.387. The molecule has 1 fully saturated rings. The van der Waals surface area contributed by atoms with Crippen LogP contribution in [0.15, 0.2) is 12.4 Å². The van der Waals surface area contributed by atoms with E-state index >= 15 is 0 Å². The van der Waals surface area contributed by atoms with E-state index in [4.69, 9.17) is 0 Å². The van der Waals surface area contributed by atoms with Crippen molar-refractivity contribution in [1.82, 2.24) is 10.2 Å². The first-order valence-electron chi connectivity index (χ1n) is 4.99. The van der Waals surface area contributed by atoms with Crippen LogP contribution in [-0.2, 0) is 0 Å². The molecule has 1 saturated carbocycles. The predicted molar refractivity (Wildman–Crippen MR) is 49.8 cm³/mol. The molecule has 82 valence electrons. The van der Waals surface area contributed by atoms with Gasteiger partial charge in [0.1, 0.15) is 0 Å². The number of carbonyl (C=O) groups excluding carboxylic acids is 1. The van der Waals surface area contributed by atoms with Crippen LogP contribution in [0.3, 0.4) is 0 Å². The Morgan fingerprint density at radius 1 is 1.67 bits per heavy atom. The van der Waals surface area contributed by atoms with Crippen molar-refractivity contribution in [2.24, 2.45) is 5.92 Å². The van der Waals surface area contributed by atoms with E-state index in [-0.39, 0.29) is 18.6 Å². The lowest BCUT2D eigenvalue weighted by Gasteiger charge is -2.17. The van der Waals surface area contributed by atoms with Gasteiger partial charge in [-0.3, -0.25) is 9.89 Å². The van der Waals surface area contributed by atoms with Crippen LogP contribution in [0.5, 0.6) is 0 Å². The fourth-order valence-electron chi connectivity index (χ4n) is 2.00. The number of carbonyl (C=O) groups is 1. The molecule has 1 atom stereocenters. The molecule has 15 heavy (non-hydrogen) atoms. The molecule has 0 amide bonds. The summed E-state index contributed by atoms with van der Waals surface area (Å²) in [4.78, 5) is 11.6. The zero-order valence-corrected chi connectivity index (χ0v) is 8.17. The Balaban J connectivity index is 2.01. The average Bonchev–Trinajstić information content (AvgIpc) is 2.76. The molecule has 0 aromatic carbocycles. The van der Waals surface area contributed by atoms with Crippen LogP contribution < -0.4 is 0 Å². The summed E-state index contributed by atoms with van der Waals surface area (Å²) in [5, 5.41) is 6.12. The first-order valence-corrected chi connectivity index (χ1v) is 4.99. The maximum atomic E-state index is 13.2. The fourth-order valence-corrected chi connectivity index (χ4v) is 2.00. The monoisotopic (exact) mass is 214 g/mol. The number of hydrogen-bond acceptors (Lipinski definition) is 2. The standard InChI is InChI=1S/C10H12F2N2O/c11-10(12)3-1-2-8(10)4-9(15)7-5-13-14-6-7/h5-6,8H,1-4H2,(H,13,14). The summed E-state index contributed by atoms with van der Waals surface area (Å²) in [6.07, 6.45) is 3.60. The molecule has 5 heteroatoms. The van der Waals surface area contributed by atoms with Crippen LogP contribution >= 0.6 is 0 Å². The first kappa shape index (κ1) is 10.3. The number of aromatic amines is 1. The lowest BCUT2D eigenvalue weighted by atomic mass is 9.96. The molecule has 2 rings (SSSR count). The minimum Gasteiger partial charge on any atom is -0.294 e. The Kier molecular flexibility index (Phi) is 2.54. The highest BCUT2D eigenvalue weighted by Gasteiger charge is 2.44. The molecule has 0 radical (unpaired) electrons. The smallest absolute Gasteiger partial charge is 0.251 e. The number of nitrogens with zero attached hydrogens (tertiary/aromatic N) is 1. The largest absolute Gasteiger partial charge is 0.294 e. The van der Waals surface area contributed by atoms with Gasteiger partial charge in [0.15, 0.2) is 5.78 Å². The third-order valence-corrected chi connectivity index (χ3v) is 2.91. The van der Waals surface area contributed by atoms with Gasteiger partial charge in [-0.15, -0.1) is 0 Å². The zero-order valence-electron chi connectivity index (χ0n) is 8.17. The molecule has 3 nitrogen and oxygen atoms in total. The van der Waals surface area contributed by atoms with Crippen LogP contribution in [0.1, 0.15) is 36.0 Å². The molecular formula is C10H12F2N2O. The minimum atomic E-state index is -2.67. The molecule has 1 aliphatic rings. The van der Waals surface area contributed by atoms with Crippen molar-refractivity contribution in [2.75, 3.05) is 0 Å². The highest BCUT2D eigenvalue weighted by molar-refractivity contribution is 5.95. The highest BCUT2D eigenvalue weighted by Crippen LogP contribution is 2.42. The van der Waals surface area contributed by atoms with E-state index in [2.05, 4.69) is 10.2 Å². The van der Waals surface area contributed by atoms with Crippen LogP contribution in [0, 0.1) is 5.92 Å². The molecule has 1 heterocycles. The van der Waals surface area contributed by atoms with Crippen molar-refractivity contribution in [2.45, 2.75) is 31.6 Å². The van der Waals surface area contributed by atoms with Crippen molar-refractivity contribution in [3.05, 3.63) is 18.0 Å². The zero-order chi connectivity index (χ0) is 10.9. The van der Waals surface area contributed by atoms with Gasteiger partial charge in [0.2, 0.25) is 0 Å². The molecular weight excluding hydrogens is 202 g/mol. The van der Waals surface area contributed by atoms with Gasteiger partial charge in [-0.05, 0) is 12.8 Å². The van der Waals surface area contributed by atoms with E-state index in [1.54, 1.807) is 0 Å². The van der Waals surface area contributed by atoms with Crippen LogP contribution in [0.25, 0.3) is 0 Å². The number of nitrogens with one attached hydrogen (secondary N) is 1. The molecule has 0 saturated heterocycles. The van der Waals surface area contributed by atoms with Gasteiger partial charge in [0, 0.05) is 25.0 Å². The third kappa shape index (κ3) is 2.06. The summed E-state index contributed by atoms with van der Waals surface area (Å²) in [7, 11) is 0. The Morgan fingerprint density at radius 2 is 2.47 bits per heavy atom. The number of alkyl halides is 2. The Bertz CT molecular complexity index is 348. The van der Waals surface area contributed by atoms with Crippen molar-refractivity contribution >= 4 is 5.78 Å². The SMILES string of the molecule is O=C(CC1CCCC1(F)F)c1cn[nH]c1. The van der Waals surface area contributed by atoms with Gasteiger partial charge < -0.3 is 0 Å². The van der Waals surface area contributed by atoms with E-state index < -0.39 is 11.8 Å². The molecule has 0 aliphatic heterocycles. The molecule has 0 spiro atoms. The average molecular weight is 214 g/mol. The molecule has 1 aromatic heterocycles. The van der Waals surface area contributed by atoms with Crippen LogP contribution in [-0.4, -0.2) is 21.9 Å². The van der Waals surface area contributed by atoms with Crippen LogP contribution in [0.2, 0.25) is 0 Å². The van der Waals surface area contributed by atoms with Gasteiger partial charge in [-0.25, -0.2) is 8.78 Å². The lowest BCUT2D eigenvalue weighted by molar-refractivity contribution is -0.0370. The van der Waals surface area contributed by atoms with Gasteiger partial charge in [-0.2, -0.15) is 5.10 Å². The third-order valence-electron chi connectivity index (χ3n) is 2.91. The summed E-state index contributed by atoms with van der Waals surface area (Å²) < 4.78 is 26.5. The topological polar surface area (TPSA) is 45.8 Å². The maximum Gasteiger partial charge on any atom is 0.251 e. The summed E-state index contributed by atoms with van der Waals surface area (Å²) in [5.74, 6) is -3.71. The summed E-state index contributed by atoms with van der Waals surface area (Å²) in [6.45, 7) is 0. The minimum absolute atomic E-state index is 0.0769. The normalized spacial score (nSPS) is 24.3. The number of ketones is 1. The highest BCUT2D eigenvalue weighted by atomic mass is 19.3. The van der Waals surface area contributed by atoms with E-state index in [0.717, 1.165) is 0 Å². The number of rotatable bonds is 3. The second kappa shape index (κ2) is 3.72. The van der Waals surface area contributed by atoms with Crippen molar-refractivity contribution in [3.8, 4) is 0 Å². The van der Waals surface area contributed by atoms with Gasteiger partial charge in [-0.1, -0.05) is 0 Å². The van der Waals surface area contributed by atoms with Gasteiger partial charge >= 0.3 is 0 Å². The van der Waals surface area contributed by atoms with Crippen molar-refractivity contribution in [1.29, 1.82) is 0 Å².